The minimum absolute atomic E-state index is 0.0328. The second kappa shape index (κ2) is 6.59. The number of benzene rings is 1. The van der Waals surface area contributed by atoms with E-state index in [-0.39, 0.29) is 25.3 Å². The van der Waals surface area contributed by atoms with Crippen molar-refractivity contribution >= 4 is 34.5 Å². The predicted octanol–water partition coefficient (Wildman–Crippen LogP) is 0.459. The fraction of sp³-hybridized carbons (Fsp3) is 0.308. The third-order valence-corrected chi connectivity index (χ3v) is 3.87. The first-order valence-corrected chi connectivity index (χ1v) is 7.12. The fourth-order valence-electron chi connectivity index (χ4n) is 1.86. The minimum atomic E-state index is -0.773. The van der Waals surface area contributed by atoms with Gasteiger partial charge in [-0.3, -0.25) is 14.4 Å². The number of rotatable bonds is 5. The maximum absolute atomic E-state index is 12.2. The number of aromatic hydroxyl groups is 1. The van der Waals surface area contributed by atoms with Crippen LogP contribution in [0.3, 0.4) is 0 Å². The zero-order valence-electron chi connectivity index (χ0n) is 11.0. The molecule has 8 heteroatoms. The summed E-state index contributed by atoms with van der Waals surface area (Å²) < 4.78 is 0. The molecule has 1 atom stereocenters. The van der Waals surface area contributed by atoms with Crippen LogP contribution in [0.25, 0.3) is 0 Å². The van der Waals surface area contributed by atoms with E-state index >= 15 is 0 Å². The van der Waals surface area contributed by atoms with E-state index in [0.29, 0.717) is 5.69 Å². The Hall–Kier alpha value is -2.06. The van der Waals surface area contributed by atoms with E-state index in [1.165, 1.54) is 24.3 Å². The van der Waals surface area contributed by atoms with E-state index in [4.69, 9.17) is 5.11 Å². The number of nitrogens with zero attached hydrogens (tertiary/aromatic N) is 1. The minimum Gasteiger partial charge on any atom is -0.508 e. The van der Waals surface area contributed by atoms with Gasteiger partial charge >= 0.3 is 0 Å². The van der Waals surface area contributed by atoms with E-state index in [9.17, 15) is 19.5 Å². The second-order valence-electron chi connectivity index (χ2n) is 4.34. The molecule has 1 unspecified atom stereocenters. The van der Waals surface area contributed by atoms with Crippen LogP contribution in [-0.2, 0) is 9.59 Å². The van der Waals surface area contributed by atoms with Crippen LogP contribution in [0.1, 0.15) is 6.42 Å². The number of hydrogen-bond donors (Lipinski definition) is 3. The molecular formula is C13H14N2O5S. The average Bonchev–Trinajstić information content (AvgIpc) is 2.72. The van der Waals surface area contributed by atoms with E-state index in [2.05, 4.69) is 5.32 Å². The van der Waals surface area contributed by atoms with Crippen molar-refractivity contribution < 1.29 is 24.6 Å². The van der Waals surface area contributed by atoms with Gasteiger partial charge < -0.3 is 15.5 Å². The van der Waals surface area contributed by atoms with Gasteiger partial charge in [0.1, 0.15) is 11.0 Å². The van der Waals surface area contributed by atoms with Gasteiger partial charge in [-0.25, -0.2) is 4.90 Å². The van der Waals surface area contributed by atoms with Crippen LogP contribution in [0, 0.1) is 0 Å². The monoisotopic (exact) mass is 310 g/mol. The Balaban J connectivity index is 2.06. The molecule has 7 nitrogen and oxygen atoms in total. The largest absolute Gasteiger partial charge is 0.508 e. The van der Waals surface area contributed by atoms with Crippen LogP contribution in [-0.4, -0.2) is 45.7 Å². The molecule has 0 bridgehead atoms. The van der Waals surface area contributed by atoms with Crippen LogP contribution < -0.4 is 10.2 Å². The number of thioether (sulfide) groups is 1. The van der Waals surface area contributed by atoms with Crippen LogP contribution in [0.15, 0.2) is 24.3 Å². The number of carbonyl (C=O) groups excluding carboxylic acids is 3. The van der Waals surface area contributed by atoms with E-state index in [1.54, 1.807) is 0 Å². The molecule has 1 aromatic rings. The molecule has 1 aliphatic heterocycles. The molecule has 3 amide bonds. The van der Waals surface area contributed by atoms with Crippen molar-refractivity contribution in [3.8, 4) is 5.75 Å². The lowest BCUT2D eigenvalue weighted by atomic mass is 10.2. The van der Waals surface area contributed by atoms with Crippen LogP contribution in [0.4, 0.5) is 10.5 Å². The standard InChI is InChI=1S/C13H14N2O5S/c16-6-5-14-11(18)7-10-12(19)15(13(20)21-10)8-1-3-9(17)4-2-8/h1-4,10,16-17H,5-7H2,(H,14,18). The van der Waals surface area contributed by atoms with Crippen molar-refractivity contribution in [1.82, 2.24) is 5.32 Å². The highest BCUT2D eigenvalue weighted by Crippen LogP contribution is 2.33. The summed E-state index contributed by atoms with van der Waals surface area (Å²) in [7, 11) is 0. The lowest BCUT2D eigenvalue weighted by Crippen LogP contribution is -2.35. The van der Waals surface area contributed by atoms with E-state index < -0.39 is 22.3 Å². The van der Waals surface area contributed by atoms with Gasteiger partial charge in [0.05, 0.1) is 12.3 Å². The van der Waals surface area contributed by atoms with Gasteiger partial charge in [-0.05, 0) is 36.0 Å². The van der Waals surface area contributed by atoms with Crippen LogP contribution in [0.2, 0.25) is 0 Å². The first kappa shape index (κ1) is 15.3. The smallest absolute Gasteiger partial charge is 0.293 e. The molecule has 0 saturated carbocycles. The fourth-order valence-corrected chi connectivity index (χ4v) is 2.84. The van der Waals surface area contributed by atoms with Gasteiger partial charge in [0.25, 0.3) is 5.24 Å². The molecule has 1 saturated heterocycles. The summed E-state index contributed by atoms with van der Waals surface area (Å²) in [6, 6.07) is 5.67. The number of aliphatic hydroxyl groups is 1. The summed E-state index contributed by atoms with van der Waals surface area (Å²) in [5.74, 6) is -0.824. The molecular weight excluding hydrogens is 296 g/mol. The predicted molar refractivity (Wildman–Crippen MR) is 77.1 cm³/mol. The zero-order chi connectivity index (χ0) is 15.4. The lowest BCUT2D eigenvalue weighted by molar-refractivity contribution is -0.124. The van der Waals surface area contributed by atoms with Crippen molar-refractivity contribution in [2.24, 2.45) is 0 Å². The van der Waals surface area contributed by atoms with Gasteiger partial charge in [-0.15, -0.1) is 0 Å². The Bertz CT molecular complexity index is 560. The highest BCUT2D eigenvalue weighted by Gasteiger charge is 2.41. The maximum Gasteiger partial charge on any atom is 0.293 e. The van der Waals surface area contributed by atoms with Crippen LogP contribution >= 0.6 is 11.8 Å². The Kier molecular flexibility index (Phi) is 4.81. The molecule has 2 rings (SSSR count). The summed E-state index contributed by atoms with van der Waals surface area (Å²) in [5.41, 5.74) is 0.355. The van der Waals surface area contributed by atoms with Crippen molar-refractivity contribution in [2.75, 3.05) is 18.1 Å². The molecule has 21 heavy (non-hydrogen) atoms. The molecule has 0 aliphatic carbocycles. The van der Waals surface area contributed by atoms with Crippen molar-refractivity contribution in [3.05, 3.63) is 24.3 Å². The zero-order valence-corrected chi connectivity index (χ0v) is 11.8. The number of phenols is 1. The van der Waals surface area contributed by atoms with Gasteiger partial charge in [0, 0.05) is 13.0 Å². The molecule has 1 aromatic carbocycles. The number of phenolic OH excluding ortho intramolecular Hbond substituents is 1. The van der Waals surface area contributed by atoms with E-state index in [1.807, 2.05) is 0 Å². The lowest BCUT2D eigenvalue weighted by Gasteiger charge is -2.13. The molecule has 0 aromatic heterocycles. The van der Waals surface area contributed by atoms with Crippen molar-refractivity contribution in [3.63, 3.8) is 0 Å². The highest BCUT2D eigenvalue weighted by molar-refractivity contribution is 8.15. The molecule has 112 valence electrons. The van der Waals surface area contributed by atoms with E-state index in [0.717, 1.165) is 16.7 Å². The number of imide groups is 1. The van der Waals surface area contributed by atoms with Crippen LogP contribution in [0.5, 0.6) is 5.75 Å². The molecule has 1 fully saturated rings. The number of anilines is 1. The molecule has 0 spiro atoms. The number of amides is 3. The molecule has 3 N–H and O–H groups in total. The summed E-state index contributed by atoms with van der Waals surface area (Å²) in [6.45, 7) is -0.0733. The van der Waals surface area contributed by atoms with Gasteiger partial charge in [-0.2, -0.15) is 0 Å². The first-order valence-electron chi connectivity index (χ1n) is 6.24. The molecule has 1 heterocycles. The van der Waals surface area contributed by atoms with Gasteiger partial charge in [0.15, 0.2) is 0 Å². The van der Waals surface area contributed by atoms with Gasteiger partial charge in [0.2, 0.25) is 11.8 Å². The van der Waals surface area contributed by atoms with Gasteiger partial charge in [-0.1, -0.05) is 0 Å². The number of hydrogen-bond acceptors (Lipinski definition) is 6. The number of aliphatic hydroxyl groups excluding tert-OH is 1. The van der Waals surface area contributed by atoms with Crippen molar-refractivity contribution in [2.45, 2.75) is 11.7 Å². The SMILES string of the molecule is O=C(CC1SC(=O)N(c2ccc(O)cc2)C1=O)NCCO. The van der Waals surface area contributed by atoms with Crippen molar-refractivity contribution in [1.29, 1.82) is 0 Å². The Labute approximate surface area is 124 Å². The summed E-state index contributed by atoms with van der Waals surface area (Å²) >= 11 is 0.794. The maximum atomic E-state index is 12.2. The topological polar surface area (TPSA) is 107 Å². The molecule has 0 radical (unpaired) electrons. The Morgan fingerprint density at radius 1 is 1.29 bits per heavy atom. The summed E-state index contributed by atoms with van der Waals surface area (Å²) in [6.07, 6.45) is -0.121. The normalized spacial score (nSPS) is 18.1. The summed E-state index contributed by atoms with van der Waals surface area (Å²) in [5, 5.41) is 19.0. The Morgan fingerprint density at radius 3 is 2.57 bits per heavy atom. The Morgan fingerprint density at radius 2 is 1.95 bits per heavy atom. The first-order chi connectivity index (χ1) is 10.0. The third kappa shape index (κ3) is 3.53. The second-order valence-corrected chi connectivity index (χ2v) is 5.49. The average molecular weight is 310 g/mol. The third-order valence-electron chi connectivity index (χ3n) is 2.83. The molecule has 1 aliphatic rings. The summed E-state index contributed by atoms with van der Waals surface area (Å²) in [4.78, 5) is 36.7. The number of carbonyl (C=O) groups is 3. The number of nitrogens with one attached hydrogen (secondary N) is 1. The quantitative estimate of drug-likeness (QED) is 0.729. The highest BCUT2D eigenvalue weighted by atomic mass is 32.2.